The van der Waals surface area contributed by atoms with Crippen LogP contribution in [0.25, 0.3) is 11.4 Å². The molecule has 0 aliphatic heterocycles. The van der Waals surface area contributed by atoms with Crippen LogP contribution in [-0.2, 0) is 11.3 Å². The number of rotatable bonds is 9. The van der Waals surface area contributed by atoms with E-state index in [1.807, 2.05) is 74.4 Å². The monoisotopic (exact) mass is 402 g/mol. The van der Waals surface area contributed by atoms with Crippen molar-refractivity contribution in [3.8, 4) is 17.1 Å². The Kier molecular flexibility index (Phi) is 7.69. The lowest BCUT2D eigenvalue weighted by atomic mass is 10.2. The summed E-state index contributed by atoms with van der Waals surface area (Å²) in [5.74, 6) is 1.64. The minimum atomic E-state index is -0.263. The molecular formula is C21H30N4O2S. The Morgan fingerprint density at radius 2 is 1.79 bits per heavy atom. The number of hydrogen-bond donors (Lipinski definition) is 0. The molecule has 0 bridgehead atoms. The van der Waals surface area contributed by atoms with E-state index < -0.39 is 0 Å². The highest BCUT2D eigenvalue weighted by Crippen LogP contribution is 2.29. The molecule has 1 heterocycles. The van der Waals surface area contributed by atoms with E-state index >= 15 is 0 Å². The van der Waals surface area contributed by atoms with Gasteiger partial charge in [-0.05, 0) is 58.9 Å². The third-order valence-corrected chi connectivity index (χ3v) is 5.44. The first-order chi connectivity index (χ1) is 13.3. The van der Waals surface area contributed by atoms with Crippen LogP contribution in [0.3, 0.4) is 0 Å². The molecule has 1 aromatic carbocycles. The highest BCUT2D eigenvalue weighted by Gasteiger charge is 2.27. The predicted molar refractivity (Wildman–Crippen MR) is 115 cm³/mol. The van der Waals surface area contributed by atoms with E-state index in [2.05, 4.69) is 16.8 Å². The molecular weight excluding hydrogens is 372 g/mol. The van der Waals surface area contributed by atoms with Crippen LogP contribution in [0.2, 0.25) is 0 Å². The van der Waals surface area contributed by atoms with Crippen LogP contribution in [-0.4, -0.2) is 50.0 Å². The van der Waals surface area contributed by atoms with Crippen molar-refractivity contribution in [3.63, 3.8) is 0 Å². The van der Waals surface area contributed by atoms with E-state index in [-0.39, 0.29) is 23.2 Å². The highest BCUT2D eigenvalue weighted by molar-refractivity contribution is 8.00. The summed E-state index contributed by atoms with van der Waals surface area (Å²) in [7, 11) is 1.64. The quantitative estimate of drug-likeness (QED) is 0.463. The number of aromatic nitrogens is 3. The number of benzene rings is 1. The van der Waals surface area contributed by atoms with Gasteiger partial charge in [0, 0.05) is 24.2 Å². The van der Waals surface area contributed by atoms with E-state index in [0.29, 0.717) is 11.7 Å². The molecule has 0 aliphatic carbocycles. The van der Waals surface area contributed by atoms with Crippen LogP contribution in [0.15, 0.2) is 42.1 Å². The molecule has 0 spiro atoms. The zero-order chi connectivity index (χ0) is 20.8. The molecule has 2 aromatic rings. The second kappa shape index (κ2) is 9.78. The van der Waals surface area contributed by atoms with Crippen molar-refractivity contribution in [1.82, 2.24) is 19.7 Å². The fourth-order valence-corrected chi connectivity index (χ4v) is 4.06. The van der Waals surface area contributed by atoms with Crippen LogP contribution in [0.4, 0.5) is 0 Å². The highest BCUT2D eigenvalue weighted by atomic mass is 32.2. The molecule has 6 nitrogen and oxygen atoms in total. The van der Waals surface area contributed by atoms with Crippen LogP contribution in [0.5, 0.6) is 5.75 Å². The maximum Gasteiger partial charge on any atom is 0.236 e. The summed E-state index contributed by atoms with van der Waals surface area (Å²) in [6.07, 6.45) is 1.81. The van der Waals surface area contributed by atoms with Gasteiger partial charge in [0.05, 0.1) is 12.4 Å². The van der Waals surface area contributed by atoms with Crippen molar-refractivity contribution in [2.45, 2.75) is 63.7 Å². The second-order valence-electron chi connectivity index (χ2n) is 7.13. The van der Waals surface area contributed by atoms with Crippen molar-refractivity contribution >= 4 is 17.7 Å². The number of hydrogen-bond acceptors (Lipinski definition) is 5. The van der Waals surface area contributed by atoms with Gasteiger partial charge >= 0.3 is 0 Å². The lowest BCUT2D eigenvalue weighted by molar-refractivity contribution is -0.133. The smallest absolute Gasteiger partial charge is 0.236 e. The number of ether oxygens (including phenoxy) is 1. The van der Waals surface area contributed by atoms with Crippen molar-refractivity contribution in [2.75, 3.05) is 7.11 Å². The van der Waals surface area contributed by atoms with Gasteiger partial charge in [-0.25, -0.2) is 0 Å². The van der Waals surface area contributed by atoms with Crippen LogP contribution in [0.1, 0.15) is 34.6 Å². The molecule has 0 saturated heterocycles. The lowest BCUT2D eigenvalue weighted by Gasteiger charge is -2.32. The Bertz CT molecular complexity index is 791. The normalized spacial score (nSPS) is 12.3. The first-order valence-electron chi connectivity index (χ1n) is 9.47. The average Bonchev–Trinajstić information content (AvgIpc) is 3.04. The molecule has 0 saturated carbocycles. The largest absolute Gasteiger partial charge is 0.497 e. The number of thioether (sulfide) groups is 1. The predicted octanol–water partition coefficient (Wildman–Crippen LogP) is 4.27. The van der Waals surface area contributed by atoms with Crippen LogP contribution < -0.4 is 4.74 Å². The fraction of sp³-hybridized carbons (Fsp3) is 0.476. The second-order valence-corrected chi connectivity index (χ2v) is 8.44. The van der Waals surface area contributed by atoms with Gasteiger partial charge in [0.25, 0.3) is 0 Å². The lowest BCUT2D eigenvalue weighted by Crippen LogP contribution is -2.45. The number of carbonyl (C=O) groups is 1. The van der Waals surface area contributed by atoms with E-state index in [4.69, 9.17) is 4.74 Å². The average molecular weight is 403 g/mol. The number of methoxy groups -OCH3 is 1. The van der Waals surface area contributed by atoms with Gasteiger partial charge in [-0.2, -0.15) is 0 Å². The standard InChI is InChI=1S/C21H30N4O2S/c1-8-13-24-19(17-9-11-18(27-7)12-10-17)22-23-21(24)28-16(6)20(26)25(14(2)3)15(4)5/h8-12,14-16H,1,13H2,2-7H3/t16-/m0/s1. The molecule has 1 amide bonds. The maximum atomic E-state index is 13.0. The van der Waals surface area contributed by atoms with Gasteiger partial charge < -0.3 is 9.64 Å². The van der Waals surface area contributed by atoms with Gasteiger partial charge in [-0.3, -0.25) is 9.36 Å². The molecule has 28 heavy (non-hydrogen) atoms. The van der Waals surface area contributed by atoms with Crippen molar-refractivity contribution < 1.29 is 9.53 Å². The van der Waals surface area contributed by atoms with Crippen molar-refractivity contribution in [2.24, 2.45) is 0 Å². The SMILES string of the molecule is C=CCn1c(S[C@@H](C)C(=O)N(C(C)C)C(C)C)nnc1-c1ccc(OC)cc1. The molecule has 2 rings (SSSR count). The van der Waals surface area contributed by atoms with Crippen LogP contribution in [0, 0.1) is 0 Å². The van der Waals surface area contributed by atoms with Gasteiger partial charge in [-0.1, -0.05) is 17.8 Å². The van der Waals surface area contributed by atoms with Gasteiger partial charge in [-0.15, -0.1) is 16.8 Å². The van der Waals surface area contributed by atoms with Gasteiger partial charge in [0.2, 0.25) is 5.91 Å². The minimum absolute atomic E-state index is 0.106. The molecule has 1 atom stereocenters. The Morgan fingerprint density at radius 1 is 1.18 bits per heavy atom. The number of allylic oxidation sites excluding steroid dienone is 1. The Hall–Kier alpha value is -2.28. The minimum Gasteiger partial charge on any atom is -0.497 e. The summed E-state index contributed by atoms with van der Waals surface area (Å²) >= 11 is 1.43. The fourth-order valence-electron chi connectivity index (χ4n) is 3.15. The summed E-state index contributed by atoms with van der Waals surface area (Å²) in [6, 6.07) is 7.98. The Labute approximate surface area is 172 Å². The topological polar surface area (TPSA) is 60.2 Å². The van der Waals surface area contributed by atoms with Gasteiger partial charge in [0.15, 0.2) is 11.0 Å². The Morgan fingerprint density at radius 3 is 2.29 bits per heavy atom. The number of nitrogens with zero attached hydrogens (tertiary/aromatic N) is 4. The van der Waals surface area contributed by atoms with Crippen molar-refractivity contribution in [3.05, 3.63) is 36.9 Å². The van der Waals surface area contributed by atoms with E-state index in [1.165, 1.54) is 11.8 Å². The maximum absolute atomic E-state index is 13.0. The summed E-state index contributed by atoms with van der Waals surface area (Å²) in [5, 5.41) is 9.16. The first-order valence-corrected chi connectivity index (χ1v) is 10.3. The van der Waals surface area contributed by atoms with E-state index in [1.54, 1.807) is 7.11 Å². The molecule has 0 unspecified atom stereocenters. The molecule has 152 valence electrons. The van der Waals surface area contributed by atoms with Crippen LogP contribution >= 0.6 is 11.8 Å². The zero-order valence-corrected chi connectivity index (χ0v) is 18.4. The van der Waals surface area contributed by atoms with E-state index in [9.17, 15) is 4.79 Å². The zero-order valence-electron chi connectivity index (χ0n) is 17.5. The molecule has 0 radical (unpaired) electrons. The third-order valence-electron chi connectivity index (χ3n) is 4.37. The Balaban J connectivity index is 2.29. The summed E-state index contributed by atoms with van der Waals surface area (Å²) in [6.45, 7) is 14.5. The van der Waals surface area contributed by atoms with Crippen molar-refractivity contribution in [1.29, 1.82) is 0 Å². The number of amides is 1. The molecule has 0 aliphatic rings. The molecule has 7 heteroatoms. The summed E-state index contributed by atoms with van der Waals surface area (Å²) in [5.41, 5.74) is 0.937. The number of carbonyl (C=O) groups excluding carboxylic acids is 1. The third kappa shape index (κ3) is 4.95. The first kappa shape index (κ1) is 22.0. The summed E-state index contributed by atoms with van der Waals surface area (Å²) < 4.78 is 7.21. The van der Waals surface area contributed by atoms with Gasteiger partial charge in [0.1, 0.15) is 5.75 Å². The summed E-state index contributed by atoms with van der Waals surface area (Å²) in [4.78, 5) is 14.9. The molecule has 1 aromatic heterocycles. The molecule has 0 fully saturated rings. The molecule has 0 N–H and O–H groups in total. The van der Waals surface area contributed by atoms with E-state index in [0.717, 1.165) is 17.1 Å².